The Bertz CT molecular complexity index is 1170. The first-order chi connectivity index (χ1) is 14.2. The summed E-state index contributed by atoms with van der Waals surface area (Å²) in [5, 5.41) is 19.4. The fraction of sp³-hybridized carbons (Fsp3) is 0.217. The fourth-order valence-corrected chi connectivity index (χ4v) is 2.97. The third-order valence-corrected chi connectivity index (χ3v) is 4.39. The molecular weight excluding hydrogens is 388 g/mol. The number of aromatic hydroxyl groups is 2. The lowest BCUT2D eigenvalue weighted by molar-refractivity contribution is -0.131. The van der Waals surface area contributed by atoms with Gasteiger partial charge in [0.05, 0.1) is 0 Å². The highest BCUT2D eigenvalue weighted by Gasteiger charge is 2.19. The van der Waals surface area contributed by atoms with Crippen LogP contribution in [0.25, 0.3) is 11.0 Å². The number of hydrogen-bond acceptors (Lipinski definition) is 7. The van der Waals surface area contributed by atoms with Crippen molar-refractivity contribution in [3.63, 3.8) is 0 Å². The van der Waals surface area contributed by atoms with E-state index in [1.54, 1.807) is 13.0 Å². The highest BCUT2D eigenvalue weighted by Crippen LogP contribution is 2.37. The zero-order valence-corrected chi connectivity index (χ0v) is 16.9. The van der Waals surface area contributed by atoms with E-state index < -0.39 is 0 Å². The maximum Gasteiger partial charge on any atom is 0.308 e. The van der Waals surface area contributed by atoms with Crippen LogP contribution in [0.4, 0.5) is 0 Å². The van der Waals surface area contributed by atoms with Crippen molar-refractivity contribution in [3.05, 3.63) is 69.6 Å². The molecule has 0 fully saturated rings. The molecule has 3 aromatic rings. The molecule has 0 spiro atoms. The van der Waals surface area contributed by atoms with E-state index in [4.69, 9.17) is 19.0 Å². The van der Waals surface area contributed by atoms with E-state index in [2.05, 4.69) is 0 Å². The van der Waals surface area contributed by atoms with Crippen LogP contribution in [0, 0.1) is 6.92 Å². The lowest BCUT2D eigenvalue weighted by Crippen LogP contribution is -2.04. The summed E-state index contributed by atoms with van der Waals surface area (Å²) in [6, 6.07) is 9.03. The van der Waals surface area contributed by atoms with Crippen LogP contribution >= 0.6 is 0 Å². The maximum atomic E-state index is 12.0. The number of benzene rings is 2. The molecule has 0 radical (unpaired) electrons. The van der Waals surface area contributed by atoms with Gasteiger partial charge in [-0.25, -0.2) is 0 Å². The van der Waals surface area contributed by atoms with E-state index in [-0.39, 0.29) is 28.3 Å². The minimum atomic E-state index is -0.365. The van der Waals surface area contributed by atoms with Gasteiger partial charge in [-0.15, -0.1) is 0 Å². The lowest BCUT2D eigenvalue weighted by atomic mass is 10.0. The van der Waals surface area contributed by atoms with E-state index in [9.17, 15) is 14.7 Å². The smallest absolute Gasteiger partial charge is 0.308 e. The largest absolute Gasteiger partial charge is 0.508 e. The van der Waals surface area contributed by atoms with Gasteiger partial charge in [0.1, 0.15) is 46.3 Å². The number of allylic oxidation sites excluding steroid dienone is 1. The van der Waals surface area contributed by atoms with Crippen LogP contribution in [0.3, 0.4) is 0 Å². The first-order valence-corrected chi connectivity index (χ1v) is 9.29. The molecule has 1 aliphatic heterocycles. The molecule has 0 saturated carbocycles. The number of ether oxygens (including phenoxy) is 2. The zero-order valence-electron chi connectivity index (χ0n) is 16.9. The molecule has 0 amide bonds. The first-order valence-electron chi connectivity index (χ1n) is 9.29. The van der Waals surface area contributed by atoms with Gasteiger partial charge in [0.15, 0.2) is 5.43 Å². The number of hydrogen-bond donors (Lipinski definition) is 2. The standard InChI is InChI=1S/C15H14O4.C8H8O3/c1-8-3-4-10-12(18-7-8)6-13-14(15(10)17)11(16)5-9(2)19-13;1-6(9)11-8-4-2-7(10)3-5-8/h3,5-6,17H,4,7H2,1-2H3;2-5,10H,1H3. The predicted octanol–water partition coefficient (Wildman–Crippen LogP) is 4.01. The van der Waals surface area contributed by atoms with Gasteiger partial charge < -0.3 is 24.1 Å². The molecule has 2 aromatic carbocycles. The average molecular weight is 410 g/mol. The number of rotatable bonds is 1. The molecule has 0 saturated heterocycles. The molecule has 0 bridgehead atoms. The van der Waals surface area contributed by atoms with Crippen molar-refractivity contribution in [2.24, 2.45) is 0 Å². The van der Waals surface area contributed by atoms with Gasteiger partial charge in [0.2, 0.25) is 0 Å². The summed E-state index contributed by atoms with van der Waals surface area (Å²) < 4.78 is 15.9. The third-order valence-electron chi connectivity index (χ3n) is 4.39. The van der Waals surface area contributed by atoms with E-state index in [0.717, 1.165) is 5.57 Å². The van der Waals surface area contributed by atoms with Gasteiger partial charge >= 0.3 is 5.97 Å². The van der Waals surface area contributed by atoms with Gasteiger partial charge in [-0.3, -0.25) is 9.59 Å². The van der Waals surface area contributed by atoms with Crippen LogP contribution in [-0.2, 0) is 11.2 Å². The molecule has 7 nitrogen and oxygen atoms in total. The molecule has 4 rings (SSSR count). The number of phenols is 2. The van der Waals surface area contributed by atoms with E-state index in [1.807, 2.05) is 13.0 Å². The molecule has 0 atom stereocenters. The van der Waals surface area contributed by atoms with Crippen LogP contribution in [-0.4, -0.2) is 22.8 Å². The topological polar surface area (TPSA) is 106 Å². The second-order valence-electron chi connectivity index (χ2n) is 6.93. The molecule has 2 N–H and O–H groups in total. The number of aryl methyl sites for hydroxylation is 1. The summed E-state index contributed by atoms with van der Waals surface area (Å²) in [7, 11) is 0. The Labute approximate surface area is 172 Å². The van der Waals surface area contributed by atoms with Gasteiger partial charge in [-0.05, 0) is 50.1 Å². The molecule has 1 aliphatic rings. The quantitative estimate of drug-likeness (QED) is 0.355. The normalized spacial score (nSPS) is 12.6. The Morgan fingerprint density at radius 1 is 1.10 bits per heavy atom. The van der Waals surface area contributed by atoms with Crippen LogP contribution in [0.2, 0.25) is 0 Å². The zero-order chi connectivity index (χ0) is 21.8. The third kappa shape index (κ3) is 4.81. The minimum Gasteiger partial charge on any atom is -0.508 e. The molecule has 2 heterocycles. The molecule has 7 heteroatoms. The van der Waals surface area contributed by atoms with Gasteiger partial charge in [-0.2, -0.15) is 0 Å². The number of carbonyl (C=O) groups is 1. The van der Waals surface area contributed by atoms with Crippen molar-refractivity contribution in [3.8, 4) is 23.0 Å². The molecule has 0 unspecified atom stereocenters. The lowest BCUT2D eigenvalue weighted by Gasteiger charge is -2.11. The van der Waals surface area contributed by atoms with Crippen LogP contribution < -0.4 is 14.9 Å². The highest BCUT2D eigenvalue weighted by molar-refractivity contribution is 5.87. The maximum absolute atomic E-state index is 12.0. The Balaban J connectivity index is 0.000000199. The van der Waals surface area contributed by atoms with Crippen molar-refractivity contribution in [2.45, 2.75) is 27.2 Å². The summed E-state index contributed by atoms with van der Waals surface area (Å²) in [6.07, 6.45) is 2.55. The van der Waals surface area contributed by atoms with Gasteiger partial charge in [0.25, 0.3) is 0 Å². The number of esters is 1. The van der Waals surface area contributed by atoms with Crippen molar-refractivity contribution < 1.29 is 28.9 Å². The van der Waals surface area contributed by atoms with E-state index in [0.29, 0.717) is 41.4 Å². The Hall–Kier alpha value is -3.74. The number of carbonyl (C=O) groups excluding carboxylic acids is 1. The van der Waals surface area contributed by atoms with E-state index in [1.165, 1.54) is 37.3 Å². The molecule has 1 aromatic heterocycles. The molecular formula is C23H22O7. The fourth-order valence-electron chi connectivity index (χ4n) is 2.97. The SMILES string of the molecule is CC(=O)Oc1ccc(O)cc1.CC1=CCc2c(cc3oc(C)cc(=O)c3c2O)OC1. The molecule has 156 valence electrons. The first kappa shape index (κ1) is 21.0. The molecule has 30 heavy (non-hydrogen) atoms. The van der Waals surface area contributed by atoms with Gasteiger partial charge in [-0.1, -0.05) is 6.08 Å². The summed E-state index contributed by atoms with van der Waals surface area (Å²) >= 11 is 0. The monoisotopic (exact) mass is 410 g/mol. The van der Waals surface area contributed by atoms with Crippen LogP contribution in [0.5, 0.6) is 23.0 Å². The Morgan fingerprint density at radius 2 is 1.80 bits per heavy atom. The average Bonchev–Trinajstić information content (AvgIpc) is 2.85. The number of fused-ring (bicyclic) bond motifs is 2. The highest BCUT2D eigenvalue weighted by atomic mass is 16.5. The minimum absolute atomic E-state index is 0.0350. The van der Waals surface area contributed by atoms with E-state index >= 15 is 0 Å². The Kier molecular flexibility index (Phi) is 6.11. The second-order valence-corrected chi connectivity index (χ2v) is 6.93. The summed E-state index contributed by atoms with van der Waals surface area (Å²) in [4.78, 5) is 22.4. The summed E-state index contributed by atoms with van der Waals surface area (Å²) in [5.74, 6) is 1.28. The van der Waals surface area contributed by atoms with Crippen molar-refractivity contribution in [1.29, 1.82) is 0 Å². The van der Waals surface area contributed by atoms with Crippen molar-refractivity contribution in [2.75, 3.05) is 6.61 Å². The van der Waals surface area contributed by atoms with Crippen LogP contribution in [0.1, 0.15) is 25.2 Å². The summed E-state index contributed by atoms with van der Waals surface area (Å²) in [5.41, 5.74) is 1.86. The number of phenolic OH excluding ortho intramolecular Hbond substituents is 2. The summed E-state index contributed by atoms with van der Waals surface area (Å²) in [6.45, 7) is 5.48. The Morgan fingerprint density at radius 3 is 2.47 bits per heavy atom. The second kappa shape index (κ2) is 8.73. The van der Waals surface area contributed by atoms with Crippen LogP contribution in [0.15, 0.2) is 57.3 Å². The van der Waals surface area contributed by atoms with Crippen molar-refractivity contribution in [1.82, 2.24) is 0 Å². The predicted molar refractivity (Wildman–Crippen MR) is 111 cm³/mol. The molecule has 0 aliphatic carbocycles. The van der Waals surface area contributed by atoms with Crippen molar-refractivity contribution >= 4 is 16.9 Å². The van der Waals surface area contributed by atoms with Gasteiger partial charge in [0, 0.05) is 24.6 Å².